The number of rotatable bonds is 3. The molecule has 5 rings (SSSR count). The Hall–Kier alpha value is -3.99. The number of hydrazone groups is 1. The van der Waals surface area contributed by atoms with E-state index in [1.165, 1.54) is 28.9 Å². The summed E-state index contributed by atoms with van der Waals surface area (Å²) in [6, 6.07) is 10.4. The lowest BCUT2D eigenvalue weighted by molar-refractivity contribution is -0.137. The van der Waals surface area contributed by atoms with Crippen molar-refractivity contribution in [3.05, 3.63) is 88.5 Å². The Morgan fingerprint density at radius 3 is 2.63 bits per heavy atom. The first-order chi connectivity index (χ1) is 16.6. The molecule has 0 aliphatic carbocycles. The number of thioether (sulfide) groups is 1. The highest BCUT2D eigenvalue weighted by Gasteiger charge is 2.36. The van der Waals surface area contributed by atoms with Gasteiger partial charge in [0.2, 0.25) is 5.17 Å². The Morgan fingerprint density at radius 2 is 1.91 bits per heavy atom. The van der Waals surface area contributed by atoms with Crippen molar-refractivity contribution in [2.24, 2.45) is 10.1 Å². The molecule has 0 bridgehead atoms. The normalized spacial score (nSPS) is 17.1. The molecular weight excluding hydrogens is 477 g/mol. The summed E-state index contributed by atoms with van der Waals surface area (Å²) in [6.45, 7) is 3.51. The zero-order valence-electron chi connectivity index (χ0n) is 18.5. The number of fused-ring (bicyclic) bond motifs is 1. The molecule has 7 nitrogen and oxygen atoms in total. The van der Waals surface area contributed by atoms with Crippen molar-refractivity contribution in [2.75, 3.05) is 0 Å². The molecule has 1 amide bonds. The zero-order valence-corrected chi connectivity index (χ0v) is 19.3. The number of benzene rings is 1. The van der Waals surface area contributed by atoms with E-state index >= 15 is 0 Å². The monoisotopic (exact) mass is 494 g/mol. The number of aromatic nitrogens is 2. The van der Waals surface area contributed by atoms with E-state index in [0.29, 0.717) is 27.7 Å². The maximum absolute atomic E-state index is 13.2. The van der Waals surface area contributed by atoms with Gasteiger partial charge >= 0.3 is 6.18 Å². The quantitative estimate of drug-likeness (QED) is 0.509. The molecule has 1 N–H and O–H groups in total. The third-order valence-corrected chi connectivity index (χ3v) is 6.52. The third kappa shape index (κ3) is 4.08. The van der Waals surface area contributed by atoms with Crippen LogP contribution in [0.15, 0.2) is 70.5 Å². The van der Waals surface area contributed by atoms with E-state index < -0.39 is 17.6 Å². The molecule has 35 heavy (non-hydrogen) atoms. The minimum Gasteiger partial charge on any atom is -0.318 e. The molecule has 11 heteroatoms. The smallest absolute Gasteiger partial charge is 0.318 e. The van der Waals surface area contributed by atoms with E-state index in [4.69, 9.17) is 5.41 Å². The van der Waals surface area contributed by atoms with Crippen LogP contribution in [0.1, 0.15) is 28.1 Å². The minimum absolute atomic E-state index is 0.0369. The van der Waals surface area contributed by atoms with Crippen molar-refractivity contribution in [3.8, 4) is 5.69 Å². The fraction of sp³-hybridized carbons (Fsp3) is 0.125. The van der Waals surface area contributed by atoms with E-state index in [9.17, 15) is 18.0 Å². The van der Waals surface area contributed by atoms with Gasteiger partial charge in [0.15, 0.2) is 5.84 Å². The number of amidine groups is 2. The van der Waals surface area contributed by atoms with Crippen LogP contribution in [-0.4, -0.2) is 36.5 Å². The van der Waals surface area contributed by atoms with Gasteiger partial charge in [-0.05, 0) is 73.6 Å². The first-order valence-electron chi connectivity index (χ1n) is 10.4. The van der Waals surface area contributed by atoms with Crippen molar-refractivity contribution >= 4 is 39.8 Å². The highest BCUT2D eigenvalue weighted by molar-refractivity contribution is 8.27. The number of hydrogen-bond donors (Lipinski definition) is 1. The third-order valence-electron chi connectivity index (χ3n) is 5.56. The van der Waals surface area contributed by atoms with Crippen LogP contribution in [0.2, 0.25) is 0 Å². The predicted molar refractivity (Wildman–Crippen MR) is 129 cm³/mol. The average Bonchev–Trinajstić information content (AvgIpc) is 3.37. The van der Waals surface area contributed by atoms with Crippen LogP contribution >= 0.6 is 11.8 Å². The number of alkyl halides is 3. The van der Waals surface area contributed by atoms with Gasteiger partial charge in [0.1, 0.15) is 5.04 Å². The summed E-state index contributed by atoms with van der Waals surface area (Å²) < 4.78 is 41.3. The molecule has 0 radical (unpaired) electrons. The number of hydrogen-bond acceptors (Lipinski definition) is 5. The second-order valence-electron chi connectivity index (χ2n) is 7.88. The number of nitrogens with one attached hydrogen (secondary N) is 1. The highest BCUT2D eigenvalue weighted by Crippen LogP contribution is 2.33. The van der Waals surface area contributed by atoms with Crippen LogP contribution in [0.3, 0.4) is 0 Å². The predicted octanol–water partition coefficient (Wildman–Crippen LogP) is 5.18. The van der Waals surface area contributed by atoms with Crippen molar-refractivity contribution in [2.45, 2.75) is 20.0 Å². The fourth-order valence-corrected chi connectivity index (χ4v) is 4.79. The van der Waals surface area contributed by atoms with Crippen LogP contribution in [0.25, 0.3) is 11.8 Å². The molecule has 2 aliphatic rings. The topological polar surface area (TPSA) is 86.7 Å². The summed E-state index contributed by atoms with van der Waals surface area (Å²) in [7, 11) is 0. The molecule has 0 fully saturated rings. The lowest BCUT2D eigenvalue weighted by atomic mass is 10.1. The van der Waals surface area contributed by atoms with E-state index in [1.807, 2.05) is 6.07 Å². The number of aliphatic imine (C=N–C) groups is 1. The van der Waals surface area contributed by atoms with E-state index in [2.05, 4.69) is 15.1 Å². The Morgan fingerprint density at radius 1 is 1.11 bits per heavy atom. The fourth-order valence-electron chi connectivity index (χ4n) is 3.91. The molecule has 0 atom stereocenters. The van der Waals surface area contributed by atoms with Crippen molar-refractivity contribution in [3.63, 3.8) is 0 Å². The Labute approximate surface area is 202 Å². The summed E-state index contributed by atoms with van der Waals surface area (Å²) >= 11 is 1.17. The van der Waals surface area contributed by atoms with Gasteiger partial charge in [0, 0.05) is 35.0 Å². The lowest BCUT2D eigenvalue weighted by Crippen LogP contribution is -2.35. The van der Waals surface area contributed by atoms with Crippen LogP contribution < -0.4 is 0 Å². The number of aryl methyl sites for hydroxylation is 1. The van der Waals surface area contributed by atoms with Gasteiger partial charge in [0.05, 0.1) is 11.1 Å². The van der Waals surface area contributed by atoms with Crippen LogP contribution in [0.4, 0.5) is 13.2 Å². The second-order valence-corrected chi connectivity index (χ2v) is 8.83. The maximum atomic E-state index is 13.2. The average molecular weight is 495 g/mol. The lowest BCUT2D eigenvalue weighted by Gasteiger charge is -2.20. The molecule has 0 saturated carbocycles. The molecule has 0 unspecified atom stereocenters. The first kappa shape index (κ1) is 22.8. The number of carbonyl (C=O) groups excluding carboxylic acids is 1. The number of amides is 1. The van der Waals surface area contributed by atoms with Gasteiger partial charge in [0.25, 0.3) is 5.91 Å². The summed E-state index contributed by atoms with van der Waals surface area (Å²) in [5, 5.41) is 15.2. The maximum Gasteiger partial charge on any atom is 0.416 e. The van der Waals surface area contributed by atoms with E-state index in [-0.39, 0.29) is 16.6 Å². The van der Waals surface area contributed by atoms with Crippen molar-refractivity contribution in [1.82, 2.24) is 14.6 Å². The molecule has 0 spiro atoms. The largest absolute Gasteiger partial charge is 0.416 e. The standard InChI is InChI=1S/C24H17F3N6OS/c1-13-9-16(14(2)32(13)18-7-3-6-17(11-18)24(25,26)27)10-19-20(28)33-23(30-21(19)34)35-22(31-33)15-5-4-8-29-12-15/h3-12,28H,1-2H3. The molecule has 2 aliphatic heterocycles. The second kappa shape index (κ2) is 8.35. The summed E-state index contributed by atoms with van der Waals surface area (Å²) in [6.07, 6.45) is 0.337. The molecule has 176 valence electrons. The Bertz CT molecular complexity index is 1470. The molecule has 0 saturated heterocycles. The summed E-state index contributed by atoms with van der Waals surface area (Å²) in [5.74, 6) is -0.712. The Kier molecular flexibility index (Phi) is 5.43. The van der Waals surface area contributed by atoms with Crippen molar-refractivity contribution in [1.29, 1.82) is 5.41 Å². The number of halogens is 3. The van der Waals surface area contributed by atoms with Crippen LogP contribution in [-0.2, 0) is 11.0 Å². The SMILES string of the molecule is Cc1cc(C=C2C(=N)N3N=C(c4cccnc4)SC3=NC2=O)c(C)n1-c1cccc(C(F)(F)F)c1. The van der Waals surface area contributed by atoms with Gasteiger partial charge in [-0.25, -0.2) is 0 Å². The van der Waals surface area contributed by atoms with Gasteiger partial charge in [-0.15, -0.1) is 0 Å². The molecule has 2 aromatic heterocycles. The minimum atomic E-state index is -4.46. The van der Waals surface area contributed by atoms with Crippen LogP contribution in [0.5, 0.6) is 0 Å². The highest BCUT2D eigenvalue weighted by atomic mass is 32.2. The zero-order chi connectivity index (χ0) is 24.9. The molecule has 3 aromatic rings. The number of pyridine rings is 1. The first-order valence-corrected chi connectivity index (χ1v) is 11.2. The molecule has 1 aromatic carbocycles. The molecular formula is C24H17F3N6OS. The summed E-state index contributed by atoms with van der Waals surface area (Å²) in [5.41, 5.74) is 2.28. The number of nitrogens with zero attached hydrogens (tertiary/aromatic N) is 5. The van der Waals surface area contributed by atoms with Gasteiger partial charge in [-0.3, -0.25) is 15.2 Å². The summed E-state index contributed by atoms with van der Waals surface area (Å²) in [4.78, 5) is 21.0. The Balaban J connectivity index is 1.51. The van der Waals surface area contributed by atoms with Gasteiger partial charge in [-0.2, -0.15) is 28.3 Å². The molecule has 4 heterocycles. The van der Waals surface area contributed by atoms with E-state index in [0.717, 1.165) is 17.7 Å². The van der Waals surface area contributed by atoms with Crippen LogP contribution in [0, 0.1) is 19.3 Å². The van der Waals surface area contributed by atoms with Crippen molar-refractivity contribution < 1.29 is 18.0 Å². The van der Waals surface area contributed by atoms with Gasteiger partial charge < -0.3 is 4.57 Å². The van der Waals surface area contributed by atoms with E-state index in [1.54, 1.807) is 49.0 Å². The van der Waals surface area contributed by atoms with Gasteiger partial charge in [-0.1, -0.05) is 6.07 Å². The number of carbonyl (C=O) groups is 1.